The second-order valence-electron chi connectivity index (χ2n) is 6.86. The normalized spacial score (nSPS) is 15.3. The van der Waals surface area contributed by atoms with E-state index in [2.05, 4.69) is 34.7 Å². The zero-order chi connectivity index (χ0) is 20.2. The van der Waals surface area contributed by atoms with Crippen LogP contribution in [0.3, 0.4) is 0 Å². The molecule has 0 saturated heterocycles. The maximum absolute atomic E-state index is 12.2. The summed E-state index contributed by atoms with van der Waals surface area (Å²) in [7, 11) is 0. The molecule has 4 nitrogen and oxygen atoms in total. The molecule has 1 unspecified atom stereocenters. The standard InChI is InChI=1S/C24H20INO3/c25-23-14-8-18-7-11-21(16-22(18)23)29-20-12-9-19(10-13-20)26(28)24(27)15-6-17-4-2-1-3-5-17/h1-7,9-13,15-16,23,28H,8,14H2/b15-6+. The van der Waals surface area contributed by atoms with E-state index in [-0.39, 0.29) is 0 Å². The molecule has 1 amide bonds. The Morgan fingerprint density at radius 3 is 2.52 bits per heavy atom. The number of aryl methyl sites for hydroxylation is 1. The number of ether oxygens (including phenoxy) is 1. The molecule has 0 aromatic heterocycles. The van der Waals surface area contributed by atoms with Crippen LogP contribution in [-0.2, 0) is 11.2 Å². The number of rotatable bonds is 5. The number of benzene rings is 3. The third-order valence-electron chi connectivity index (χ3n) is 4.87. The maximum atomic E-state index is 12.2. The lowest BCUT2D eigenvalue weighted by atomic mass is 10.1. The zero-order valence-corrected chi connectivity index (χ0v) is 17.8. The Hall–Kier alpha value is -2.64. The molecule has 146 valence electrons. The molecule has 0 fully saturated rings. The second kappa shape index (κ2) is 8.80. The van der Waals surface area contributed by atoms with E-state index in [0.717, 1.165) is 17.7 Å². The molecule has 3 aromatic rings. The summed E-state index contributed by atoms with van der Waals surface area (Å²) in [6.45, 7) is 0. The van der Waals surface area contributed by atoms with Crippen molar-refractivity contribution in [1.82, 2.24) is 0 Å². The quantitative estimate of drug-likeness (QED) is 0.147. The Morgan fingerprint density at radius 1 is 1.03 bits per heavy atom. The summed E-state index contributed by atoms with van der Waals surface area (Å²) in [5.41, 5.74) is 4.00. The lowest BCUT2D eigenvalue weighted by Crippen LogP contribution is -2.24. The van der Waals surface area contributed by atoms with Gasteiger partial charge in [0.2, 0.25) is 0 Å². The lowest BCUT2D eigenvalue weighted by molar-refractivity contribution is -0.118. The highest BCUT2D eigenvalue weighted by Crippen LogP contribution is 2.40. The van der Waals surface area contributed by atoms with E-state index in [1.54, 1.807) is 30.3 Å². The van der Waals surface area contributed by atoms with Crippen LogP contribution in [0.2, 0.25) is 0 Å². The van der Waals surface area contributed by atoms with Gasteiger partial charge in [-0.1, -0.05) is 59.0 Å². The first kappa shape index (κ1) is 19.7. The molecule has 1 N–H and O–H groups in total. The minimum atomic E-state index is -0.519. The molecule has 0 saturated carbocycles. The van der Waals surface area contributed by atoms with Crippen molar-refractivity contribution < 1.29 is 14.7 Å². The average Bonchev–Trinajstić information content (AvgIpc) is 3.13. The fraction of sp³-hybridized carbons (Fsp3) is 0.125. The number of hydroxylamine groups is 1. The maximum Gasteiger partial charge on any atom is 0.274 e. The Balaban J connectivity index is 1.41. The molecule has 29 heavy (non-hydrogen) atoms. The number of amides is 1. The zero-order valence-electron chi connectivity index (χ0n) is 15.7. The van der Waals surface area contributed by atoms with E-state index in [0.29, 0.717) is 20.4 Å². The third kappa shape index (κ3) is 4.68. The van der Waals surface area contributed by atoms with Gasteiger partial charge in [0.1, 0.15) is 11.5 Å². The Kier molecular flexibility index (Phi) is 5.97. The van der Waals surface area contributed by atoms with Crippen LogP contribution in [0.4, 0.5) is 5.69 Å². The lowest BCUT2D eigenvalue weighted by Gasteiger charge is -2.14. The predicted molar refractivity (Wildman–Crippen MR) is 123 cm³/mol. The number of carbonyl (C=O) groups is 1. The molecule has 4 rings (SSSR count). The van der Waals surface area contributed by atoms with Gasteiger partial charge in [0.05, 0.1) is 5.69 Å². The minimum absolute atomic E-state index is 0.376. The monoisotopic (exact) mass is 497 g/mol. The van der Waals surface area contributed by atoms with Crippen molar-refractivity contribution in [2.75, 3.05) is 5.06 Å². The van der Waals surface area contributed by atoms with Gasteiger partial charge in [-0.15, -0.1) is 0 Å². The Bertz CT molecular complexity index is 1030. The topological polar surface area (TPSA) is 49.8 Å². The van der Waals surface area contributed by atoms with Gasteiger partial charge >= 0.3 is 0 Å². The number of hydrogen-bond donors (Lipinski definition) is 1. The number of halogens is 1. The van der Waals surface area contributed by atoms with Crippen molar-refractivity contribution in [3.63, 3.8) is 0 Å². The van der Waals surface area contributed by atoms with Crippen LogP contribution in [0.25, 0.3) is 6.08 Å². The van der Waals surface area contributed by atoms with E-state index in [4.69, 9.17) is 4.74 Å². The van der Waals surface area contributed by atoms with E-state index in [9.17, 15) is 10.0 Å². The number of hydrogen-bond acceptors (Lipinski definition) is 3. The highest BCUT2D eigenvalue weighted by atomic mass is 127. The van der Waals surface area contributed by atoms with Crippen molar-refractivity contribution >= 4 is 40.3 Å². The van der Waals surface area contributed by atoms with Crippen molar-refractivity contribution in [1.29, 1.82) is 0 Å². The number of fused-ring (bicyclic) bond motifs is 1. The highest BCUT2D eigenvalue weighted by Gasteiger charge is 2.20. The van der Waals surface area contributed by atoms with E-state index in [1.807, 2.05) is 36.4 Å². The fourth-order valence-corrected chi connectivity index (χ4v) is 4.21. The second-order valence-corrected chi connectivity index (χ2v) is 8.36. The van der Waals surface area contributed by atoms with Crippen LogP contribution >= 0.6 is 22.6 Å². The smallest absolute Gasteiger partial charge is 0.274 e. The fourth-order valence-electron chi connectivity index (χ4n) is 3.31. The summed E-state index contributed by atoms with van der Waals surface area (Å²) in [5.74, 6) is 0.925. The molecule has 5 heteroatoms. The van der Waals surface area contributed by atoms with Crippen molar-refractivity contribution in [2.24, 2.45) is 0 Å². The first-order valence-corrected chi connectivity index (χ1v) is 10.7. The molecule has 0 radical (unpaired) electrons. The number of carbonyl (C=O) groups excluding carboxylic acids is 1. The number of nitrogens with zero attached hydrogens (tertiary/aromatic N) is 1. The minimum Gasteiger partial charge on any atom is -0.457 e. The van der Waals surface area contributed by atoms with Crippen LogP contribution < -0.4 is 9.80 Å². The molecular formula is C24H20INO3. The molecule has 0 bridgehead atoms. The van der Waals surface area contributed by atoms with Crippen LogP contribution in [0, 0.1) is 0 Å². The third-order valence-corrected chi connectivity index (χ3v) is 6.16. The van der Waals surface area contributed by atoms with Crippen LogP contribution in [0.5, 0.6) is 11.5 Å². The van der Waals surface area contributed by atoms with Crippen molar-refractivity contribution in [2.45, 2.75) is 16.8 Å². The van der Waals surface area contributed by atoms with Gasteiger partial charge in [-0.3, -0.25) is 10.0 Å². The molecule has 1 aliphatic carbocycles. The van der Waals surface area contributed by atoms with Crippen molar-refractivity contribution in [3.8, 4) is 11.5 Å². The largest absolute Gasteiger partial charge is 0.457 e. The highest BCUT2D eigenvalue weighted by molar-refractivity contribution is 14.1. The van der Waals surface area contributed by atoms with Gasteiger partial charge in [-0.05, 0) is 72.0 Å². The average molecular weight is 497 g/mol. The summed E-state index contributed by atoms with van der Waals surface area (Å²) in [4.78, 5) is 12.2. The number of anilines is 1. The van der Waals surface area contributed by atoms with Gasteiger partial charge in [0.25, 0.3) is 5.91 Å². The first-order valence-electron chi connectivity index (χ1n) is 9.41. The number of alkyl halides is 1. The van der Waals surface area contributed by atoms with E-state index in [1.165, 1.54) is 23.6 Å². The van der Waals surface area contributed by atoms with Gasteiger partial charge in [-0.25, -0.2) is 0 Å². The summed E-state index contributed by atoms with van der Waals surface area (Å²) in [6.07, 6.45) is 5.30. The summed E-state index contributed by atoms with van der Waals surface area (Å²) in [5, 5.41) is 10.8. The van der Waals surface area contributed by atoms with Crippen molar-refractivity contribution in [3.05, 3.63) is 95.6 Å². The Morgan fingerprint density at radius 2 is 1.76 bits per heavy atom. The summed E-state index contributed by atoms with van der Waals surface area (Å²) < 4.78 is 6.48. The Labute approximate surface area is 183 Å². The van der Waals surface area contributed by atoms with E-state index < -0.39 is 5.91 Å². The van der Waals surface area contributed by atoms with E-state index >= 15 is 0 Å². The molecule has 0 aliphatic heterocycles. The van der Waals surface area contributed by atoms with Crippen LogP contribution in [0.1, 0.15) is 27.0 Å². The summed E-state index contributed by atoms with van der Waals surface area (Å²) in [6, 6.07) is 22.4. The molecule has 0 spiro atoms. The first-order chi connectivity index (χ1) is 14.1. The molecule has 0 heterocycles. The molecule has 1 atom stereocenters. The van der Waals surface area contributed by atoms with Gasteiger partial charge < -0.3 is 4.74 Å². The molecule has 1 aliphatic rings. The molecule has 3 aromatic carbocycles. The van der Waals surface area contributed by atoms with Gasteiger partial charge in [0, 0.05) is 10.0 Å². The van der Waals surface area contributed by atoms with Crippen LogP contribution in [0.15, 0.2) is 78.9 Å². The summed E-state index contributed by atoms with van der Waals surface area (Å²) >= 11 is 2.47. The molecular weight excluding hydrogens is 477 g/mol. The van der Waals surface area contributed by atoms with Crippen LogP contribution in [-0.4, -0.2) is 11.1 Å². The predicted octanol–water partition coefficient (Wildman–Crippen LogP) is 6.34. The van der Waals surface area contributed by atoms with Gasteiger partial charge in [0.15, 0.2) is 0 Å². The van der Waals surface area contributed by atoms with Gasteiger partial charge in [-0.2, -0.15) is 5.06 Å². The SMILES string of the molecule is O=C(/C=C/c1ccccc1)N(O)c1ccc(Oc2ccc3c(c2)C(I)CC3)cc1.